The van der Waals surface area contributed by atoms with Gasteiger partial charge in [-0.05, 0) is 69.4 Å². The van der Waals surface area contributed by atoms with Gasteiger partial charge in [0.15, 0.2) is 11.5 Å². The van der Waals surface area contributed by atoms with Crippen molar-refractivity contribution in [2.24, 2.45) is 0 Å². The van der Waals surface area contributed by atoms with Crippen LogP contribution in [0.3, 0.4) is 0 Å². The highest BCUT2D eigenvalue weighted by atomic mass is 16.5. The lowest BCUT2D eigenvalue weighted by molar-refractivity contribution is 0.0942. The number of rotatable bonds is 7. The van der Waals surface area contributed by atoms with Crippen LogP contribution in [0.25, 0.3) is 10.9 Å². The molecule has 6 heteroatoms. The normalized spacial score (nSPS) is 12.2. The molecule has 0 saturated carbocycles. The monoisotopic (exact) mass is 395 g/mol. The number of amides is 1. The van der Waals surface area contributed by atoms with Crippen LogP contribution in [-0.2, 0) is 0 Å². The van der Waals surface area contributed by atoms with E-state index in [1.165, 1.54) is 5.56 Å². The minimum absolute atomic E-state index is 0.00118. The first-order valence-corrected chi connectivity index (χ1v) is 9.61. The molecule has 3 aromatic rings. The van der Waals surface area contributed by atoms with Crippen LogP contribution in [0.4, 0.5) is 0 Å². The predicted molar refractivity (Wildman–Crippen MR) is 116 cm³/mol. The van der Waals surface area contributed by atoms with E-state index in [0.29, 0.717) is 23.6 Å². The second kappa shape index (κ2) is 8.57. The van der Waals surface area contributed by atoms with Crippen LogP contribution in [0, 0.1) is 13.8 Å². The van der Waals surface area contributed by atoms with Gasteiger partial charge in [0, 0.05) is 28.7 Å². The number of likely N-dealkylation sites (N-methyl/N-ethyl adjacent to an activating group) is 1. The second-order valence-corrected chi connectivity index (χ2v) is 7.44. The molecule has 1 amide bonds. The average molecular weight is 396 g/mol. The number of H-pyrrole nitrogens is 1. The van der Waals surface area contributed by atoms with Crippen molar-refractivity contribution >= 4 is 16.8 Å². The smallest absolute Gasteiger partial charge is 0.251 e. The van der Waals surface area contributed by atoms with Crippen molar-refractivity contribution < 1.29 is 14.3 Å². The van der Waals surface area contributed by atoms with Gasteiger partial charge in [0.1, 0.15) is 0 Å². The van der Waals surface area contributed by atoms with E-state index in [4.69, 9.17) is 9.47 Å². The van der Waals surface area contributed by atoms with Crippen molar-refractivity contribution in [1.82, 2.24) is 15.2 Å². The van der Waals surface area contributed by atoms with Crippen LogP contribution in [0.2, 0.25) is 0 Å². The molecule has 154 valence electrons. The third-order valence-corrected chi connectivity index (χ3v) is 5.44. The Labute approximate surface area is 171 Å². The molecule has 2 N–H and O–H groups in total. The number of carbonyl (C=O) groups is 1. The zero-order chi connectivity index (χ0) is 21.1. The number of aromatic amines is 1. The van der Waals surface area contributed by atoms with Gasteiger partial charge in [0.25, 0.3) is 5.91 Å². The van der Waals surface area contributed by atoms with E-state index < -0.39 is 0 Å². The summed E-state index contributed by atoms with van der Waals surface area (Å²) < 4.78 is 10.7. The van der Waals surface area contributed by atoms with Gasteiger partial charge in [-0.1, -0.05) is 6.07 Å². The first-order valence-electron chi connectivity index (χ1n) is 9.61. The standard InChI is InChI=1S/C23H29N3O3/c1-14-15(2)25-19-9-7-17(11-18(14)19)23(27)24-13-20(26(3)4)16-8-10-21(28-5)22(12-16)29-6/h7-12,20,25H,13H2,1-6H3,(H,24,27). The summed E-state index contributed by atoms with van der Waals surface area (Å²) in [6.45, 7) is 4.58. The first-order chi connectivity index (χ1) is 13.8. The Bertz CT molecular complexity index is 1020. The van der Waals surface area contributed by atoms with E-state index in [2.05, 4.69) is 22.1 Å². The van der Waals surface area contributed by atoms with Crippen LogP contribution < -0.4 is 14.8 Å². The molecule has 0 fully saturated rings. The minimum atomic E-state index is -0.0857. The van der Waals surface area contributed by atoms with Crippen LogP contribution in [0.15, 0.2) is 36.4 Å². The summed E-state index contributed by atoms with van der Waals surface area (Å²) in [5.41, 5.74) is 5.04. The number of hydrogen-bond acceptors (Lipinski definition) is 4. The molecule has 1 aromatic heterocycles. The summed E-state index contributed by atoms with van der Waals surface area (Å²) in [5.74, 6) is 1.27. The third kappa shape index (κ3) is 4.22. The molecule has 6 nitrogen and oxygen atoms in total. The molecule has 29 heavy (non-hydrogen) atoms. The largest absolute Gasteiger partial charge is 0.493 e. The number of aromatic nitrogens is 1. The summed E-state index contributed by atoms with van der Waals surface area (Å²) in [6.07, 6.45) is 0. The molecular formula is C23H29N3O3. The van der Waals surface area contributed by atoms with Crippen molar-refractivity contribution in [1.29, 1.82) is 0 Å². The Kier molecular flexibility index (Phi) is 6.13. The lowest BCUT2D eigenvalue weighted by atomic mass is 10.0. The molecular weight excluding hydrogens is 366 g/mol. The average Bonchev–Trinajstić information content (AvgIpc) is 3.00. The molecule has 2 aromatic carbocycles. The Morgan fingerprint density at radius 2 is 1.79 bits per heavy atom. The fourth-order valence-electron chi connectivity index (χ4n) is 3.55. The van der Waals surface area contributed by atoms with Crippen LogP contribution >= 0.6 is 0 Å². The molecule has 3 rings (SSSR count). The molecule has 0 saturated heterocycles. The van der Waals surface area contributed by atoms with Crippen LogP contribution in [0.1, 0.15) is 33.2 Å². The second-order valence-electron chi connectivity index (χ2n) is 7.44. The first kappa shape index (κ1) is 20.7. The van der Waals surface area contributed by atoms with Gasteiger partial charge < -0.3 is 24.7 Å². The number of carbonyl (C=O) groups excluding carboxylic acids is 1. The van der Waals surface area contributed by atoms with Crippen molar-refractivity contribution in [2.75, 3.05) is 34.9 Å². The number of aryl methyl sites for hydroxylation is 2. The Morgan fingerprint density at radius 3 is 2.45 bits per heavy atom. The number of nitrogens with zero attached hydrogens (tertiary/aromatic N) is 1. The highest BCUT2D eigenvalue weighted by molar-refractivity contribution is 5.99. The van der Waals surface area contributed by atoms with Gasteiger partial charge in [0.05, 0.1) is 20.3 Å². The van der Waals surface area contributed by atoms with E-state index in [1.54, 1.807) is 14.2 Å². The fraction of sp³-hybridized carbons (Fsp3) is 0.348. The number of fused-ring (bicyclic) bond motifs is 1. The molecule has 1 atom stereocenters. The lowest BCUT2D eigenvalue weighted by Gasteiger charge is -2.26. The van der Waals surface area contributed by atoms with Gasteiger partial charge in [0.2, 0.25) is 0 Å². The van der Waals surface area contributed by atoms with Crippen molar-refractivity contribution in [3.8, 4) is 11.5 Å². The highest BCUT2D eigenvalue weighted by Crippen LogP contribution is 2.31. The molecule has 0 aliphatic heterocycles. The van der Waals surface area contributed by atoms with E-state index in [-0.39, 0.29) is 11.9 Å². The van der Waals surface area contributed by atoms with E-state index >= 15 is 0 Å². The number of methoxy groups -OCH3 is 2. The summed E-state index contributed by atoms with van der Waals surface area (Å²) in [4.78, 5) is 18.2. The molecule has 1 unspecified atom stereocenters. The van der Waals surface area contributed by atoms with Gasteiger partial charge in [-0.25, -0.2) is 0 Å². The summed E-state index contributed by atoms with van der Waals surface area (Å²) >= 11 is 0. The van der Waals surface area contributed by atoms with E-state index in [0.717, 1.165) is 22.2 Å². The van der Waals surface area contributed by atoms with Gasteiger partial charge in [-0.3, -0.25) is 4.79 Å². The maximum atomic E-state index is 12.8. The Hall–Kier alpha value is -2.99. The Balaban J connectivity index is 1.78. The number of nitrogens with one attached hydrogen (secondary N) is 2. The topological polar surface area (TPSA) is 66.6 Å². The van der Waals surface area contributed by atoms with Gasteiger partial charge >= 0.3 is 0 Å². The summed E-state index contributed by atoms with van der Waals surface area (Å²) in [7, 11) is 7.22. The van der Waals surface area contributed by atoms with Crippen molar-refractivity contribution in [2.45, 2.75) is 19.9 Å². The molecule has 0 spiro atoms. The van der Waals surface area contributed by atoms with Crippen molar-refractivity contribution in [3.05, 3.63) is 58.8 Å². The maximum Gasteiger partial charge on any atom is 0.251 e. The molecule has 0 bridgehead atoms. The van der Waals surface area contributed by atoms with E-state index in [9.17, 15) is 4.79 Å². The Morgan fingerprint density at radius 1 is 1.07 bits per heavy atom. The van der Waals surface area contributed by atoms with Crippen LogP contribution in [0.5, 0.6) is 11.5 Å². The molecule has 0 aliphatic carbocycles. The maximum absolute atomic E-state index is 12.8. The number of benzene rings is 2. The molecule has 0 aliphatic rings. The fourth-order valence-corrected chi connectivity index (χ4v) is 3.55. The predicted octanol–water partition coefficient (Wildman–Crippen LogP) is 3.83. The zero-order valence-corrected chi connectivity index (χ0v) is 17.9. The SMILES string of the molecule is COc1ccc(C(CNC(=O)c2ccc3[nH]c(C)c(C)c3c2)N(C)C)cc1OC. The molecule has 0 radical (unpaired) electrons. The summed E-state index contributed by atoms with van der Waals surface area (Å²) in [6, 6.07) is 11.6. The van der Waals surface area contributed by atoms with E-state index in [1.807, 2.05) is 57.4 Å². The van der Waals surface area contributed by atoms with Gasteiger partial charge in [-0.2, -0.15) is 0 Å². The van der Waals surface area contributed by atoms with Crippen molar-refractivity contribution in [3.63, 3.8) is 0 Å². The van der Waals surface area contributed by atoms with Crippen LogP contribution in [-0.4, -0.2) is 50.7 Å². The molecule has 1 heterocycles. The quantitative estimate of drug-likeness (QED) is 0.638. The number of hydrogen-bond donors (Lipinski definition) is 2. The summed E-state index contributed by atoms with van der Waals surface area (Å²) in [5, 5.41) is 4.16. The zero-order valence-electron chi connectivity index (χ0n) is 17.9. The lowest BCUT2D eigenvalue weighted by Crippen LogP contribution is -2.34. The number of ether oxygens (including phenoxy) is 2. The van der Waals surface area contributed by atoms with Gasteiger partial charge in [-0.15, -0.1) is 0 Å². The third-order valence-electron chi connectivity index (χ3n) is 5.44. The minimum Gasteiger partial charge on any atom is -0.493 e. The highest BCUT2D eigenvalue weighted by Gasteiger charge is 2.18.